The molecule has 2 rings (SSSR count). The highest BCUT2D eigenvalue weighted by atomic mass is 35.5. The van der Waals surface area contributed by atoms with E-state index in [4.69, 9.17) is 16.3 Å². The van der Waals surface area contributed by atoms with Crippen molar-refractivity contribution in [2.45, 2.75) is 32.3 Å². The molecular weight excluding hydrogens is 184 g/mol. The summed E-state index contributed by atoms with van der Waals surface area (Å²) in [6.07, 6.45) is 2.05. The average Bonchev–Trinajstić information content (AvgIpc) is 2.02. The van der Waals surface area contributed by atoms with Crippen LogP contribution in [0.4, 0.5) is 0 Å². The molecule has 2 heteroatoms. The van der Waals surface area contributed by atoms with Crippen LogP contribution in [0.5, 0.6) is 5.75 Å². The topological polar surface area (TPSA) is 9.23 Å². The third kappa shape index (κ3) is 1.66. The molecule has 0 unspecified atom stereocenters. The lowest BCUT2D eigenvalue weighted by molar-refractivity contribution is 0.0847. The van der Waals surface area contributed by atoms with Crippen molar-refractivity contribution in [3.8, 4) is 5.75 Å². The predicted molar refractivity (Wildman–Crippen MR) is 54.5 cm³/mol. The first-order valence-electron chi connectivity index (χ1n) is 4.55. The summed E-state index contributed by atoms with van der Waals surface area (Å²) >= 11 is 6.06. The van der Waals surface area contributed by atoms with E-state index in [1.807, 2.05) is 18.2 Å². The Balaban J connectivity index is 2.42. The number of halogens is 1. The molecule has 0 fully saturated rings. The Bertz CT molecular complexity index is 331. The third-order valence-electron chi connectivity index (χ3n) is 2.44. The first kappa shape index (κ1) is 8.89. The SMILES string of the molecule is CC1(C)CCc2c(Cl)cccc2O1. The van der Waals surface area contributed by atoms with E-state index in [1.54, 1.807) is 0 Å². The zero-order valence-electron chi connectivity index (χ0n) is 7.93. The van der Waals surface area contributed by atoms with Crippen molar-refractivity contribution in [1.82, 2.24) is 0 Å². The van der Waals surface area contributed by atoms with Crippen LogP contribution < -0.4 is 4.74 Å². The summed E-state index contributed by atoms with van der Waals surface area (Å²) in [5, 5.41) is 0.827. The van der Waals surface area contributed by atoms with Crippen molar-refractivity contribution in [2.75, 3.05) is 0 Å². The Kier molecular flexibility index (Phi) is 1.99. The number of hydrogen-bond donors (Lipinski definition) is 0. The maximum atomic E-state index is 6.06. The van der Waals surface area contributed by atoms with Crippen LogP contribution in [0.2, 0.25) is 5.02 Å². The first-order valence-corrected chi connectivity index (χ1v) is 4.93. The largest absolute Gasteiger partial charge is 0.488 e. The zero-order valence-corrected chi connectivity index (χ0v) is 8.69. The number of fused-ring (bicyclic) bond motifs is 1. The highest BCUT2D eigenvalue weighted by Crippen LogP contribution is 2.36. The first-order chi connectivity index (χ1) is 6.08. The second kappa shape index (κ2) is 2.91. The van der Waals surface area contributed by atoms with Gasteiger partial charge in [-0.25, -0.2) is 0 Å². The fourth-order valence-corrected chi connectivity index (χ4v) is 1.91. The molecule has 0 saturated heterocycles. The van der Waals surface area contributed by atoms with Crippen molar-refractivity contribution in [3.05, 3.63) is 28.8 Å². The van der Waals surface area contributed by atoms with Gasteiger partial charge < -0.3 is 4.74 Å². The summed E-state index contributed by atoms with van der Waals surface area (Å²) in [4.78, 5) is 0. The molecular formula is C11H13ClO. The third-order valence-corrected chi connectivity index (χ3v) is 2.79. The minimum absolute atomic E-state index is 0.0440. The van der Waals surface area contributed by atoms with Gasteiger partial charge in [-0.05, 0) is 38.8 Å². The lowest BCUT2D eigenvalue weighted by Crippen LogP contribution is -2.32. The van der Waals surface area contributed by atoms with Gasteiger partial charge in [0, 0.05) is 10.6 Å². The van der Waals surface area contributed by atoms with Crippen molar-refractivity contribution in [2.24, 2.45) is 0 Å². The molecule has 0 saturated carbocycles. The molecule has 0 bridgehead atoms. The highest BCUT2D eigenvalue weighted by Gasteiger charge is 2.27. The van der Waals surface area contributed by atoms with Crippen LogP contribution in [-0.2, 0) is 6.42 Å². The molecule has 0 radical (unpaired) electrons. The van der Waals surface area contributed by atoms with Crippen molar-refractivity contribution in [1.29, 1.82) is 0 Å². The highest BCUT2D eigenvalue weighted by molar-refractivity contribution is 6.31. The van der Waals surface area contributed by atoms with Crippen LogP contribution in [0, 0.1) is 0 Å². The standard InChI is InChI=1S/C11H13ClO/c1-11(2)7-6-8-9(12)4-3-5-10(8)13-11/h3-5H,6-7H2,1-2H3. The van der Waals surface area contributed by atoms with Crippen LogP contribution in [0.3, 0.4) is 0 Å². The molecule has 0 aromatic heterocycles. The molecule has 0 atom stereocenters. The van der Waals surface area contributed by atoms with Crippen LogP contribution in [0.25, 0.3) is 0 Å². The lowest BCUT2D eigenvalue weighted by Gasteiger charge is -2.32. The Labute approximate surface area is 83.7 Å². The molecule has 13 heavy (non-hydrogen) atoms. The van der Waals surface area contributed by atoms with Gasteiger partial charge in [-0.2, -0.15) is 0 Å². The summed E-state index contributed by atoms with van der Waals surface area (Å²) in [5.74, 6) is 0.948. The average molecular weight is 197 g/mol. The molecule has 1 aliphatic heterocycles. The number of hydrogen-bond acceptors (Lipinski definition) is 1. The van der Waals surface area contributed by atoms with Crippen molar-refractivity contribution in [3.63, 3.8) is 0 Å². The van der Waals surface area contributed by atoms with E-state index in [0.717, 1.165) is 29.2 Å². The van der Waals surface area contributed by atoms with Crippen molar-refractivity contribution < 1.29 is 4.74 Å². The van der Waals surface area contributed by atoms with Gasteiger partial charge in [0.1, 0.15) is 11.4 Å². The van der Waals surface area contributed by atoms with E-state index < -0.39 is 0 Å². The van der Waals surface area contributed by atoms with E-state index in [-0.39, 0.29) is 5.60 Å². The van der Waals surface area contributed by atoms with Crippen LogP contribution in [-0.4, -0.2) is 5.60 Å². The second-order valence-electron chi connectivity index (χ2n) is 4.08. The van der Waals surface area contributed by atoms with E-state index in [9.17, 15) is 0 Å². The Morgan fingerprint density at radius 3 is 2.92 bits per heavy atom. The second-order valence-corrected chi connectivity index (χ2v) is 4.49. The van der Waals surface area contributed by atoms with Gasteiger partial charge >= 0.3 is 0 Å². The lowest BCUT2D eigenvalue weighted by atomic mass is 9.94. The number of benzene rings is 1. The summed E-state index contributed by atoms with van der Waals surface area (Å²) in [7, 11) is 0. The normalized spacial score (nSPS) is 19.0. The Hall–Kier alpha value is -0.690. The van der Waals surface area contributed by atoms with E-state index >= 15 is 0 Å². The molecule has 70 valence electrons. The maximum absolute atomic E-state index is 6.06. The van der Waals surface area contributed by atoms with Gasteiger partial charge in [-0.15, -0.1) is 0 Å². The van der Waals surface area contributed by atoms with E-state index in [1.165, 1.54) is 0 Å². The van der Waals surface area contributed by atoms with Gasteiger partial charge in [-0.1, -0.05) is 17.7 Å². The van der Waals surface area contributed by atoms with Gasteiger partial charge in [0.05, 0.1) is 0 Å². The predicted octanol–water partition coefficient (Wildman–Crippen LogP) is 3.44. The minimum atomic E-state index is -0.0440. The van der Waals surface area contributed by atoms with Gasteiger partial charge in [0.2, 0.25) is 0 Å². The fourth-order valence-electron chi connectivity index (χ4n) is 1.65. The Morgan fingerprint density at radius 1 is 1.38 bits per heavy atom. The minimum Gasteiger partial charge on any atom is -0.488 e. The van der Waals surface area contributed by atoms with Crippen LogP contribution >= 0.6 is 11.6 Å². The smallest absolute Gasteiger partial charge is 0.124 e. The fraction of sp³-hybridized carbons (Fsp3) is 0.455. The van der Waals surface area contributed by atoms with Gasteiger partial charge in [0.15, 0.2) is 0 Å². The molecule has 0 spiro atoms. The molecule has 1 aliphatic rings. The molecule has 0 amide bonds. The van der Waals surface area contributed by atoms with Gasteiger partial charge in [0.25, 0.3) is 0 Å². The van der Waals surface area contributed by atoms with E-state index in [2.05, 4.69) is 13.8 Å². The summed E-state index contributed by atoms with van der Waals surface area (Å²) < 4.78 is 5.82. The van der Waals surface area contributed by atoms with Gasteiger partial charge in [-0.3, -0.25) is 0 Å². The summed E-state index contributed by atoms with van der Waals surface area (Å²) in [6, 6.07) is 5.84. The Morgan fingerprint density at radius 2 is 2.15 bits per heavy atom. The van der Waals surface area contributed by atoms with E-state index in [0.29, 0.717) is 0 Å². The number of ether oxygens (including phenoxy) is 1. The molecule has 0 N–H and O–H groups in total. The molecule has 1 heterocycles. The maximum Gasteiger partial charge on any atom is 0.124 e. The van der Waals surface area contributed by atoms with Crippen molar-refractivity contribution >= 4 is 11.6 Å². The van der Waals surface area contributed by atoms with Crippen LogP contribution in [0.1, 0.15) is 25.8 Å². The molecule has 1 aromatic carbocycles. The zero-order chi connectivity index (χ0) is 9.47. The molecule has 0 aliphatic carbocycles. The molecule has 1 nitrogen and oxygen atoms in total. The quantitative estimate of drug-likeness (QED) is 0.618. The monoisotopic (exact) mass is 196 g/mol. The molecule has 1 aromatic rings. The summed E-state index contributed by atoms with van der Waals surface area (Å²) in [6.45, 7) is 4.22. The summed E-state index contributed by atoms with van der Waals surface area (Å²) in [5.41, 5.74) is 1.11. The van der Waals surface area contributed by atoms with Crippen LogP contribution in [0.15, 0.2) is 18.2 Å². The number of rotatable bonds is 0.